The maximum Gasteiger partial charge on any atom is 0.306 e. The van der Waals surface area contributed by atoms with E-state index in [4.69, 9.17) is 4.18 Å². The van der Waals surface area contributed by atoms with Crippen molar-refractivity contribution in [2.24, 2.45) is 0 Å². The largest absolute Gasteiger partial charge is 0.382 e. The van der Waals surface area contributed by atoms with Gasteiger partial charge in [-0.3, -0.25) is 4.79 Å². The zero-order valence-electron chi connectivity index (χ0n) is 12.4. The number of aryl methyl sites for hydroxylation is 1. The number of carbonyl (C=O) groups is 1. The van der Waals surface area contributed by atoms with Crippen molar-refractivity contribution in [3.8, 4) is 5.75 Å². The topological polar surface area (TPSA) is 76.6 Å². The summed E-state index contributed by atoms with van der Waals surface area (Å²) in [5, 5.41) is 2.73. The fourth-order valence-corrected chi connectivity index (χ4v) is 3.13. The van der Waals surface area contributed by atoms with E-state index in [2.05, 4.69) is 4.98 Å². The summed E-state index contributed by atoms with van der Waals surface area (Å²) in [7, 11) is -2.06. The fourth-order valence-electron chi connectivity index (χ4n) is 1.83. The third kappa shape index (κ3) is 4.28. The van der Waals surface area contributed by atoms with Crippen molar-refractivity contribution in [2.45, 2.75) is 13.5 Å². The number of rotatable bonds is 5. The molecule has 0 aliphatic rings. The highest BCUT2D eigenvalue weighted by atomic mass is 32.2. The average molecular weight is 340 g/mol. The first-order valence-electron chi connectivity index (χ1n) is 6.41. The highest BCUT2D eigenvalue weighted by Gasteiger charge is 2.19. The first-order chi connectivity index (χ1) is 10.3. The molecule has 8 heteroatoms. The Morgan fingerprint density at radius 2 is 2.05 bits per heavy atom. The van der Waals surface area contributed by atoms with Crippen molar-refractivity contribution in [1.82, 2.24) is 9.88 Å². The molecule has 0 bridgehead atoms. The Morgan fingerprint density at radius 1 is 1.36 bits per heavy atom. The van der Waals surface area contributed by atoms with Gasteiger partial charge in [0.05, 0.1) is 18.4 Å². The third-order valence-corrected chi connectivity index (χ3v) is 4.18. The maximum absolute atomic E-state index is 12.5. The van der Waals surface area contributed by atoms with Gasteiger partial charge in [-0.25, -0.2) is 4.98 Å². The van der Waals surface area contributed by atoms with Crippen molar-refractivity contribution in [3.05, 3.63) is 45.9 Å². The second kappa shape index (κ2) is 6.45. The van der Waals surface area contributed by atoms with E-state index in [1.54, 1.807) is 19.2 Å². The first-order valence-corrected chi connectivity index (χ1v) is 9.11. The van der Waals surface area contributed by atoms with Crippen LogP contribution in [0.25, 0.3) is 0 Å². The standard InChI is InChI=1S/C14H16N2O4S2/c1-10-9-21-13(15-10)8-16(2)14(17)11-6-4-5-7-12(11)20-22(3,18)19/h4-7,9H,8H2,1-3H3. The summed E-state index contributed by atoms with van der Waals surface area (Å²) in [6.07, 6.45) is 0.941. The van der Waals surface area contributed by atoms with Crippen LogP contribution in [-0.4, -0.2) is 37.5 Å². The van der Waals surface area contributed by atoms with Crippen molar-refractivity contribution in [2.75, 3.05) is 13.3 Å². The second-order valence-electron chi connectivity index (χ2n) is 4.83. The van der Waals surface area contributed by atoms with Crippen LogP contribution < -0.4 is 4.18 Å². The number of thiazole rings is 1. The first kappa shape index (κ1) is 16.4. The highest BCUT2D eigenvalue weighted by molar-refractivity contribution is 7.86. The van der Waals surface area contributed by atoms with E-state index in [-0.39, 0.29) is 17.2 Å². The van der Waals surface area contributed by atoms with Crippen LogP contribution in [0.4, 0.5) is 0 Å². The molecule has 0 aliphatic carbocycles. The van der Waals surface area contributed by atoms with Crippen LogP contribution in [0.3, 0.4) is 0 Å². The van der Waals surface area contributed by atoms with E-state index < -0.39 is 10.1 Å². The van der Waals surface area contributed by atoms with Gasteiger partial charge in [0, 0.05) is 18.1 Å². The number of hydrogen-bond acceptors (Lipinski definition) is 6. The summed E-state index contributed by atoms with van der Waals surface area (Å²) >= 11 is 1.47. The minimum absolute atomic E-state index is 0.0252. The number of para-hydroxylation sites is 1. The van der Waals surface area contributed by atoms with Gasteiger partial charge in [0.1, 0.15) is 5.01 Å². The van der Waals surface area contributed by atoms with Gasteiger partial charge in [0.15, 0.2) is 5.75 Å². The molecular weight excluding hydrogens is 324 g/mol. The SMILES string of the molecule is Cc1csc(CN(C)C(=O)c2ccccc2OS(C)(=O)=O)n1. The molecule has 0 saturated heterocycles. The molecule has 1 amide bonds. The number of hydrogen-bond donors (Lipinski definition) is 0. The second-order valence-corrected chi connectivity index (χ2v) is 7.35. The van der Waals surface area contributed by atoms with Gasteiger partial charge in [0.2, 0.25) is 0 Å². The van der Waals surface area contributed by atoms with Crippen LogP contribution in [0, 0.1) is 6.92 Å². The Kier molecular flexibility index (Phi) is 4.82. The predicted molar refractivity (Wildman–Crippen MR) is 84.6 cm³/mol. The lowest BCUT2D eigenvalue weighted by Gasteiger charge is -2.17. The molecule has 0 aliphatic heterocycles. The molecule has 0 atom stereocenters. The molecule has 0 unspecified atom stereocenters. The van der Waals surface area contributed by atoms with Crippen molar-refractivity contribution < 1.29 is 17.4 Å². The van der Waals surface area contributed by atoms with Gasteiger partial charge in [-0.1, -0.05) is 12.1 Å². The Labute approximate surface area is 133 Å². The molecule has 1 heterocycles. The fraction of sp³-hybridized carbons (Fsp3) is 0.286. The molecule has 0 radical (unpaired) electrons. The van der Waals surface area contributed by atoms with Gasteiger partial charge in [-0.05, 0) is 19.1 Å². The molecule has 1 aromatic heterocycles. The molecule has 1 aromatic carbocycles. The number of amides is 1. The Balaban J connectivity index is 2.21. The molecule has 0 saturated carbocycles. The quantitative estimate of drug-likeness (QED) is 0.779. The number of nitrogens with zero attached hydrogens (tertiary/aromatic N) is 2. The van der Waals surface area contributed by atoms with Crippen molar-refractivity contribution in [1.29, 1.82) is 0 Å². The minimum Gasteiger partial charge on any atom is -0.382 e. The molecule has 118 valence electrons. The highest BCUT2D eigenvalue weighted by Crippen LogP contribution is 2.22. The van der Waals surface area contributed by atoms with Crippen LogP contribution in [-0.2, 0) is 16.7 Å². The lowest BCUT2D eigenvalue weighted by atomic mass is 10.2. The van der Waals surface area contributed by atoms with Crippen LogP contribution in [0.2, 0.25) is 0 Å². The zero-order chi connectivity index (χ0) is 16.3. The van der Waals surface area contributed by atoms with Crippen LogP contribution in [0.5, 0.6) is 5.75 Å². The Morgan fingerprint density at radius 3 is 2.64 bits per heavy atom. The number of carbonyl (C=O) groups excluding carboxylic acids is 1. The molecule has 0 spiro atoms. The van der Waals surface area contributed by atoms with E-state index >= 15 is 0 Å². The summed E-state index contributed by atoms with van der Waals surface area (Å²) < 4.78 is 27.4. The van der Waals surface area contributed by atoms with E-state index in [0.29, 0.717) is 6.54 Å². The molecular formula is C14H16N2O4S2. The van der Waals surface area contributed by atoms with Gasteiger partial charge in [0.25, 0.3) is 5.91 Å². The van der Waals surface area contributed by atoms with E-state index in [9.17, 15) is 13.2 Å². The zero-order valence-corrected chi connectivity index (χ0v) is 14.1. The Hall–Kier alpha value is -1.93. The third-order valence-electron chi connectivity index (χ3n) is 2.74. The number of benzene rings is 1. The van der Waals surface area contributed by atoms with Gasteiger partial charge >= 0.3 is 10.1 Å². The van der Waals surface area contributed by atoms with Crippen molar-refractivity contribution >= 4 is 27.4 Å². The normalized spacial score (nSPS) is 11.2. The summed E-state index contributed by atoms with van der Waals surface area (Å²) in [5.74, 6) is -0.302. The summed E-state index contributed by atoms with van der Waals surface area (Å²) in [6.45, 7) is 2.24. The number of aromatic nitrogens is 1. The van der Waals surface area contributed by atoms with E-state index in [1.807, 2.05) is 12.3 Å². The van der Waals surface area contributed by atoms with E-state index in [1.165, 1.54) is 28.4 Å². The van der Waals surface area contributed by atoms with Gasteiger partial charge < -0.3 is 9.08 Å². The van der Waals surface area contributed by atoms with Gasteiger partial charge in [-0.2, -0.15) is 8.42 Å². The Bertz CT molecular complexity index is 784. The molecule has 2 rings (SSSR count). The molecule has 6 nitrogen and oxygen atoms in total. The van der Waals surface area contributed by atoms with Crippen LogP contribution >= 0.6 is 11.3 Å². The summed E-state index contributed by atoms with van der Waals surface area (Å²) in [6, 6.07) is 6.26. The molecule has 2 aromatic rings. The molecule has 0 N–H and O–H groups in total. The van der Waals surface area contributed by atoms with Crippen LogP contribution in [0.15, 0.2) is 29.6 Å². The lowest BCUT2D eigenvalue weighted by molar-refractivity contribution is 0.0783. The van der Waals surface area contributed by atoms with Gasteiger partial charge in [-0.15, -0.1) is 11.3 Å². The maximum atomic E-state index is 12.5. The summed E-state index contributed by atoms with van der Waals surface area (Å²) in [4.78, 5) is 18.3. The molecule has 0 fully saturated rings. The molecule has 22 heavy (non-hydrogen) atoms. The van der Waals surface area contributed by atoms with Crippen molar-refractivity contribution in [3.63, 3.8) is 0 Å². The average Bonchev–Trinajstić information content (AvgIpc) is 2.82. The predicted octanol–water partition coefficient (Wildman–Crippen LogP) is 2.06. The smallest absolute Gasteiger partial charge is 0.306 e. The van der Waals surface area contributed by atoms with E-state index in [0.717, 1.165) is 17.0 Å². The van der Waals surface area contributed by atoms with Crippen LogP contribution in [0.1, 0.15) is 21.1 Å². The lowest BCUT2D eigenvalue weighted by Crippen LogP contribution is -2.27. The minimum atomic E-state index is -3.70. The monoisotopic (exact) mass is 340 g/mol. The summed E-state index contributed by atoms with van der Waals surface area (Å²) in [5.41, 5.74) is 1.10.